The van der Waals surface area contributed by atoms with Gasteiger partial charge in [-0.1, -0.05) is 12.1 Å². The Hall–Kier alpha value is -2.08. The number of methoxy groups -OCH3 is 1. The van der Waals surface area contributed by atoms with Crippen LogP contribution in [0, 0.1) is 0 Å². The van der Waals surface area contributed by atoms with Gasteiger partial charge in [-0.25, -0.2) is 0 Å². The number of carbonyl (C=O) groups is 2. The largest absolute Gasteiger partial charge is 0.497 e. The molecule has 0 aliphatic carbocycles. The highest BCUT2D eigenvalue weighted by molar-refractivity contribution is 5.85. The minimum Gasteiger partial charge on any atom is -0.497 e. The van der Waals surface area contributed by atoms with E-state index in [1.807, 2.05) is 31.2 Å². The molecule has 0 saturated carbocycles. The van der Waals surface area contributed by atoms with Gasteiger partial charge in [0.05, 0.1) is 26.2 Å². The summed E-state index contributed by atoms with van der Waals surface area (Å²) in [5.74, 6) is 0.108. The zero-order valence-electron chi connectivity index (χ0n) is 11.1. The lowest BCUT2D eigenvalue weighted by molar-refractivity contribution is -0.125. The van der Waals surface area contributed by atoms with Crippen molar-refractivity contribution in [3.63, 3.8) is 0 Å². The van der Waals surface area contributed by atoms with E-state index < -0.39 is 0 Å². The predicted octanol–water partition coefficient (Wildman–Crippen LogP) is -0.0527. The molecule has 0 radical (unpaired) electrons. The third-order valence-electron chi connectivity index (χ3n) is 2.60. The highest BCUT2D eigenvalue weighted by Gasteiger charge is 2.10. The molecule has 19 heavy (non-hydrogen) atoms. The van der Waals surface area contributed by atoms with Crippen LogP contribution in [0.4, 0.5) is 0 Å². The van der Waals surface area contributed by atoms with Crippen molar-refractivity contribution < 1.29 is 14.3 Å². The first kappa shape index (κ1) is 15.0. The summed E-state index contributed by atoms with van der Waals surface area (Å²) in [4.78, 5) is 22.5. The maximum atomic E-state index is 11.6. The van der Waals surface area contributed by atoms with Gasteiger partial charge in [0.2, 0.25) is 11.8 Å². The molecule has 0 bridgehead atoms. The zero-order valence-corrected chi connectivity index (χ0v) is 11.1. The summed E-state index contributed by atoms with van der Waals surface area (Å²) < 4.78 is 5.12. The van der Waals surface area contributed by atoms with E-state index >= 15 is 0 Å². The van der Waals surface area contributed by atoms with Gasteiger partial charge in [-0.15, -0.1) is 0 Å². The first-order chi connectivity index (χ1) is 9.06. The van der Waals surface area contributed by atoms with Crippen LogP contribution in [0.15, 0.2) is 24.3 Å². The zero-order chi connectivity index (χ0) is 14.3. The molecular weight excluding hydrogens is 246 g/mol. The van der Waals surface area contributed by atoms with Crippen molar-refractivity contribution in [1.29, 1.82) is 0 Å². The number of hydrogen-bond donors (Lipinski definition) is 3. The van der Waals surface area contributed by atoms with E-state index in [1.54, 1.807) is 7.11 Å². The molecule has 0 unspecified atom stereocenters. The fraction of sp³-hybridized carbons (Fsp3) is 0.385. The Kier molecular flexibility index (Phi) is 5.81. The summed E-state index contributed by atoms with van der Waals surface area (Å²) in [7, 11) is 1.59. The minimum absolute atomic E-state index is 0.0790. The number of rotatable bonds is 6. The van der Waals surface area contributed by atoms with Crippen molar-refractivity contribution in [1.82, 2.24) is 10.6 Å². The van der Waals surface area contributed by atoms with Crippen molar-refractivity contribution in [2.24, 2.45) is 5.73 Å². The first-order valence-corrected chi connectivity index (χ1v) is 5.97. The second-order valence-electron chi connectivity index (χ2n) is 4.05. The van der Waals surface area contributed by atoms with Crippen molar-refractivity contribution in [2.45, 2.75) is 13.0 Å². The summed E-state index contributed by atoms with van der Waals surface area (Å²) in [6.07, 6.45) is 0. The van der Waals surface area contributed by atoms with Crippen molar-refractivity contribution in [3.8, 4) is 5.75 Å². The summed E-state index contributed by atoms with van der Waals surface area (Å²) in [5, 5.41) is 5.19. The fourth-order valence-electron chi connectivity index (χ4n) is 1.54. The minimum atomic E-state index is -0.357. The normalized spacial score (nSPS) is 11.5. The van der Waals surface area contributed by atoms with E-state index in [0.717, 1.165) is 11.3 Å². The Balaban J connectivity index is 2.51. The van der Waals surface area contributed by atoms with Crippen molar-refractivity contribution in [3.05, 3.63) is 29.8 Å². The average Bonchev–Trinajstić information content (AvgIpc) is 2.44. The average molecular weight is 265 g/mol. The molecule has 1 aromatic carbocycles. The maximum absolute atomic E-state index is 11.6. The van der Waals surface area contributed by atoms with Gasteiger partial charge in [0.25, 0.3) is 0 Å². The van der Waals surface area contributed by atoms with Crippen molar-refractivity contribution in [2.75, 3.05) is 20.2 Å². The molecule has 1 atom stereocenters. The number of nitrogens with one attached hydrogen (secondary N) is 2. The Morgan fingerprint density at radius 1 is 1.37 bits per heavy atom. The summed E-state index contributed by atoms with van der Waals surface area (Å²) in [6.45, 7) is 1.65. The summed E-state index contributed by atoms with van der Waals surface area (Å²) in [5.41, 5.74) is 6.05. The molecule has 1 aromatic rings. The second kappa shape index (κ2) is 7.38. The lowest BCUT2D eigenvalue weighted by atomic mass is 10.1. The second-order valence-corrected chi connectivity index (χ2v) is 4.05. The Bertz CT molecular complexity index is 449. The van der Waals surface area contributed by atoms with Gasteiger partial charge in [-0.3, -0.25) is 9.59 Å². The van der Waals surface area contributed by atoms with Crippen molar-refractivity contribution >= 4 is 11.8 Å². The van der Waals surface area contributed by atoms with E-state index in [0.29, 0.717) is 0 Å². The summed E-state index contributed by atoms with van der Waals surface area (Å²) in [6, 6.07) is 7.26. The third-order valence-corrected chi connectivity index (χ3v) is 2.60. The van der Waals surface area contributed by atoms with Crippen LogP contribution in [0.5, 0.6) is 5.75 Å². The topological polar surface area (TPSA) is 93.5 Å². The molecule has 1 rings (SSSR count). The van der Waals surface area contributed by atoms with Crippen LogP contribution in [0.25, 0.3) is 0 Å². The molecule has 0 aliphatic rings. The van der Waals surface area contributed by atoms with E-state index in [2.05, 4.69) is 10.6 Å². The number of carbonyl (C=O) groups excluding carboxylic acids is 2. The summed E-state index contributed by atoms with van der Waals surface area (Å²) >= 11 is 0. The monoisotopic (exact) mass is 265 g/mol. The highest BCUT2D eigenvalue weighted by atomic mass is 16.5. The van der Waals surface area contributed by atoms with Gasteiger partial charge < -0.3 is 21.1 Å². The fourth-order valence-corrected chi connectivity index (χ4v) is 1.54. The third kappa shape index (κ3) is 4.97. The SMILES string of the molecule is COc1cccc([C@@H](C)NC(=O)CNC(=O)CN)c1. The molecule has 2 amide bonds. The van der Waals surface area contributed by atoms with Gasteiger partial charge in [0.1, 0.15) is 5.75 Å². The number of amides is 2. The maximum Gasteiger partial charge on any atom is 0.239 e. The number of benzene rings is 1. The van der Waals surface area contributed by atoms with E-state index in [9.17, 15) is 9.59 Å². The number of nitrogens with two attached hydrogens (primary N) is 1. The standard InChI is InChI=1S/C13H19N3O3/c1-9(10-4-3-5-11(6-10)19-2)16-13(18)8-15-12(17)7-14/h3-6,9H,7-8,14H2,1-2H3,(H,15,17)(H,16,18)/t9-/m1/s1. The van der Waals surface area contributed by atoms with Crippen LogP contribution in [0.2, 0.25) is 0 Å². The molecule has 6 nitrogen and oxygen atoms in total. The van der Waals surface area contributed by atoms with Gasteiger partial charge in [-0.2, -0.15) is 0 Å². The first-order valence-electron chi connectivity index (χ1n) is 5.97. The lowest BCUT2D eigenvalue weighted by Gasteiger charge is -2.15. The predicted molar refractivity (Wildman–Crippen MR) is 71.6 cm³/mol. The molecule has 104 valence electrons. The van der Waals surface area contributed by atoms with Crippen LogP contribution >= 0.6 is 0 Å². The van der Waals surface area contributed by atoms with Crippen LogP contribution < -0.4 is 21.1 Å². The van der Waals surface area contributed by atoms with Crippen LogP contribution in [0.3, 0.4) is 0 Å². The van der Waals surface area contributed by atoms with Gasteiger partial charge in [0, 0.05) is 0 Å². The Morgan fingerprint density at radius 3 is 2.74 bits per heavy atom. The molecular formula is C13H19N3O3. The van der Waals surface area contributed by atoms with E-state index in [1.165, 1.54) is 0 Å². The number of ether oxygens (including phenoxy) is 1. The van der Waals surface area contributed by atoms with Crippen LogP contribution in [-0.2, 0) is 9.59 Å². The molecule has 0 fully saturated rings. The Morgan fingerprint density at radius 2 is 2.11 bits per heavy atom. The van der Waals surface area contributed by atoms with Crippen LogP contribution in [0.1, 0.15) is 18.5 Å². The lowest BCUT2D eigenvalue weighted by Crippen LogP contribution is -2.40. The quantitative estimate of drug-likeness (QED) is 0.672. The van der Waals surface area contributed by atoms with Gasteiger partial charge in [-0.05, 0) is 24.6 Å². The highest BCUT2D eigenvalue weighted by Crippen LogP contribution is 2.18. The Labute approximate surface area is 112 Å². The molecule has 0 saturated heterocycles. The molecule has 6 heteroatoms. The molecule has 0 aliphatic heterocycles. The van der Waals surface area contributed by atoms with Gasteiger partial charge >= 0.3 is 0 Å². The molecule has 0 heterocycles. The molecule has 0 aromatic heterocycles. The van der Waals surface area contributed by atoms with Crippen LogP contribution in [-0.4, -0.2) is 32.0 Å². The van der Waals surface area contributed by atoms with Gasteiger partial charge in [0.15, 0.2) is 0 Å². The van der Waals surface area contributed by atoms with E-state index in [-0.39, 0.29) is 30.9 Å². The van der Waals surface area contributed by atoms with E-state index in [4.69, 9.17) is 10.5 Å². The number of hydrogen-bond acceptors (Lipinski definition) is 4. The molecule has 4 N–H and O–H groups in total. The molecule has 0 spiro atoms. The smallest absolute Gasteiger partial charge is 0.239 e.